The number of hydrogen-bond acceptors (Lipinski definition) is 5. The first-order chi connectivity index (χ1) is 15.6. The molecule has 164 valence electrons. The van der Waals surface area contributed by atoms with Gasteiger partial charge in [0.1, 0.15) is 17.3 Å². The molecule has 0 radical (unpaired) electrons. The van der Waals surface area contributed by atoms with E-state index >= 15 is 0 Å². The van der Waals surface area contributed by atoms with Crippen LogP contribution in [0.25, 0.3) is 11.2 Å². The molecule has 1 N–H and O–H groups in total. The summed E-state index contributed by atoms with van der Waals surface area (Å²) in [6.07, 6.45) is 2.34. The molecule has 2 aromatic carbocycles. The van der Waals surface area contributed by atoms with Gasteiger partial charge in [0.05, 0.1) is 7.11 Å². The van der Waals surface area contributed by atoms with Gasteiger partial charge in [-0.3, -0.25) is 9.36 Å². The third-order valence-corrected chi connectivity index (χ3v) is 6.27. The number of anilines is 1. The fourth-order valence-electron chi connectivity index (χ4n) is 3.54. The highest BCUT2D eigenvalue weighted by atomic mass is 32.2. The number of methoxy groups -OCH3 is 1. The van der Waals surface area contributed by atoms with Crippen molar-refractivity contribution in [2.24, 2.45) is 0 Å². The van der Waals surface area contributed by atoms with Crippen LogP contribution in [0, 0.1) is 6.92 Å². The summed E-state index contributed by atoms with van der Waals surface area (Å²) >= 11 is 1.62. The van der Waals surface area contributed by atoms with E-state index in [4.69, 9.17) is 9.72 Å². The normalized spacial score (nSPS) is 12.0. The van der Waals surface area contributed by atoms with E-state index in [0.717, 1.165) is 16.4 Å². The Balaban J connectivity index is 1.64. The van der Waals surface area contributed by atoms with E-state index in [2.05, 4.69) is 41.5 Å². The summed E-state index contributed by atoms with van der Waals surface area (Å²) in [5.74, 6) is 1.35. The lowest BCUT2D eigenvalue weighted by Crippen LogP contribution is -2.26. The molecule has 4 rings (SSSR count). The molecule has 1 atom stereocenters. The van der Waals surface area contributed by atoms with Crippen LogP contribution in [-0.2, 0) is 10.5 Å². The number of thioether (sulfide) groups is 1. The second kappa shape index (κ2) is 9.87. The standard InChI is InChI=1S/C25H26N4O2S/c1-4-22(24(30)27-19-7-5-8-20(15-19)31-3)29-23-21(9-6-14-26-23)28-25(29)32-16-18-12-10-17(2)11-13-18/h5-15,22H,4,16H2,1-3H3,(H,27,30)/t22-/m0/s1. The molecular formula is C25H26N4O2S. The second-order valence-corrected chi connectivity index (χ2v) is 8.47. The molecule has 2 heterocycles. The maximum atomic E-state index is 13.3. The number of amides is 1. The zero-order valence-electron chi connectivity index (χ0n) is 18.4. The molecule has 0 unspecified atom stereocenters. The number of pyridine rings is 1. The molecule has 0 saturated heterocycles. The molecule has 0 aliphatic heterocycles. The van der Waals surface area contributed by atoms with Gasteiger partial charge < -0.3 is 10.1 Å². The minimum atomic E-state index is -0.443. The number of ether oxygens (including phenoxy) is 1. The van der Waals surface area contributed by atoms with Crippen molar-refractivity contribution in [2.75, 3.05) is 12.4 Å². The fraction of sp³-hybridized carbons (Fsp3) is 0.240. The molecule has 0 aliphatic rings. The second-order valence-electron chi connectivity index (χ2n) is 7.53. The number of aromatic nitrogens is 3. The van der Waals surface area contributed by atoms with Gasteiger partial charge in [-0.15, -0.1) is 0 Å². The number of rotatable bonds is 8. The van der Waals surface area contributed by atoms with Crippen LogP contribution >= 0.6 is 11.8 Å². The Hall–Kier alpha value is -3.32. The van der Waals surface area contributed by atoms with E-state index in [1.54, 1.807) is 25.1 Å². The van der Waals surface area contributed by atoms with E-state index in [1.807, 2.05) is 47.9 Å². The third kappa shape index (κ3) is 4.78. The lowest BCUT2D eigenvalue weighted by atomic mass is 10.2. The Labute approximate surface area is 192 Å². The van der Waals surface area contributed by atoms with Crippen molar-refractivity contribution in [3.05, 3.63) is 78.0 Å². The molecule has 7 heteroatoms. The maximum Gasteiger partial charge on any atom is 0.247 e. The number of aryl methyl sites for hydroxylation is 1. The topological polar surface area (TPSA) is 69.0 Å². The first kappa shape index (κ1) is 21.9. The van der Waals surface area contributed by atoms with Crippen molar-refractivity contribution in [3.63, 3.8) is 0 Å². The van der Waals surface area contributed by atoms with Gasteiger partial charge in [-0.1, -0.05) is 54.6 Å². The van der Waals surface area contributed by atoms with Crippen molar-refractivity contribution in [3.8, 4) is 5.75 Å². The van der Waals surface area contributed by atoms with Gasteiger partial charge in [0, 0.05) is 23.7 Å². The van der Waals surface area contributed by atoms with Crippen LogP contribution in [0.5, 0.6) is 5.75 Å². The number of benzene rings is 2. The molecule has 32 heavy (non-hydrogen) atoms. The maximum absolute atomic E-state index is 13.3. The van der Waals surface area contributed by atoms with E-state index in [9.17, 15) is 4.79 Å². The van der Waals surface area contributed by atoms with Gasteiger partial charge in [0.25, 0.3) is 0 Å². The molecule has 6 nitrogen and oxygen atoms in total. The largest absolute Gasteiger partial charge is 0.497 e. The molecule has 0 saturated carbocycles. The number of nitrogens with zero attached hydrogens (tertiary/aromatic N) is 3. The van der Waals surface area contributed by atoms with Crippen LogP contribution < -0.4 is 10.1 Å². The number of carbonyl (C=O) groups excluding carboxylic acids is 1. The Morgan fingerprint density at radius 1 is 1.16 bits per heavy atom. The molecule has 4 aromatic rings. The van der Waals surface area contributed by atoms with Gasteiger partial charge in [-0.25, -0.2) is 9.97 Å². The summed E-state index contributed by atoms with van der Waals surface area (Å²) in [7, 11) is 1.61. The number of fused-ring (bicyclic) bond motifs is 1. The highest BCUT2D eigenvalue weighted by Crippen LogP contribution is 2.31. The third-order valence-electron chi connectivity index (χ3n) is 5.24. The predicted octanol–water partition coefficient (Wildman–Crippen LogP) is 5.63. The van der Waals surface area contributed by atoms with E-state index in [-0.39, 0.29) is 5.91 Å². The molecule has 2 aromatic heterocycles. The average Bonchev–Trinajstić information content (AvgIpc) is 3.17. The minimum absolute atomic E-state index is 0.108. The summed E-state index contributed by atoms with van der Waals surface area (Å²) in [4.78, 5) is 22.6. The monoisotopic (exact) mass is 446 g/mol. The zero-order valence-corrected chi connectivity index (χ0v) is 19.2. The van der Waals surface area contributed by atoms with Gasteiger partial charge in [-0.2, -0.15) is 0 Å². The molecule has 1 amide bonds. The van der Waals surface area contributed by atoms with Crippen LogP contribution in [-0.4, -0.2) is 27.6 Å². The van der Waals surface area contributed by atoms with Crippen molar-refractivity contribution in [1.29, 1.82) is 0 Å². The van der Waals surface area contributed by atoms with E-state index in [1.165, 1.54) is 11.1 Å². The Kier molecular flexibility index (Phi) is 6.75. The van der Waals surface area contributed by atoms with Crippen LogP contribution in [0.3, 0.4) is 0 Å². The van der Waals surface area contributed by atoms with Crippen LogP contribution in [0.2, 0.25) is 0 Å². The lowest BCUT2D eigenvalue weighted by molar-refractivity contribution is -0.119. The summed E-state index contributed by atoms with van der Waals surface area (Å²) in [5, 5.41) is 3.81. The molecular weight excluding hydrogens is 420 g/mol. The predicted molar refractivity (Wildman–Crippen MR) is 129 cm³/mol. The highest BCUT2D eigenvalue weighted by molar-refractivity contribution is 7.98. The zero-order chi connectivity index (χ0) is 22.5. The van der Waals surface area contributed by atoms with Crippen LogP contribution in [0.1, 0.15) is 30.5 Å². The SMILES string of the molecule is CC[C@@H](C(=O)Nc1cccc(OC)c1)n1c(SCc2ccc(C)cc2)nc2cccnc21. The smallest absolute Gasteiger partial charge is 0.247 e. The first-order valence-corrected chi connectivity index (χ1v) is 11.5. The van der Waals surface area contributed by atoms with Crippen molar-refractivity contribution in [1.82, 2.24) is 14.5 Å². The lowest BCUT2D eigenvalue weighted by Gasteiger charge is -2.19. The Morgan fingerprint density at radius 3 is 2.72 bits per heavy atom. The number of carbonyl (C=O) groups is 1. The van der Waals surface area contributed by atoms with Gasteiger partial charge in [0.15, 0.2) is 10.8 Å². The molecule has 0 aliphatic carbocycles. The average molecular weight is 447 g/mol. The highest BCUT2D eigenvalue weighted by Gasteiger charge is 2.25. The summed E-state index contributed by atoms with van der Waals surface area (Å²) < 4.78 is 7.24. The molecule has 0 fully saturated rings. The fourth-order valence-corrected chi connectivity index (χ4v) is 4.54. The summed E-state index contributed by atoms with van der Waals surface area (Å²) in [6, 6.07) is 19.2. The van der Waals surface area contributed by atoms with E-state index < -0.39 is 6.04 Å². The van der Waals surface area contributed by atoms with Crippen LogP contribution in [0.4, 0.5) is 5.69 Å². The van der Waals surface area contributed by atoms with Gasteiger partial charge >= 0.3 is 0 Å². The van der Waals surface area contributed by atoms with E-state index in [0.29, 0.717) is 23.5 Å². The number of imidazole rings is 1. The minimum Gasteiger partial charge on any atom is -0.497 e. The Bertz CT molecular complexity index is 1220. The van der Waals surface area contributed by atoms with Crippen molar-refractivity contribution < 1.29 is 9.53 Å². The molecule has 0 spiro atoms. The number of hydrogen-bond donors (Lipinski definition) is 1. The first-order valence-electron chi connectivity index (χ1n) is 10.5. The quantitative estimate of drug-likeness (QED) is 0.355. The summed E-state index contributed by atoms with van der Waals surface area (Å²) in [5.41, 5.74) is 4.63. The van der Waals surface area contributed by atoms with Crippen molar-refractivity contribution in [2.45, 2.75) is 37.2 Å². The van der Waals surface area contributed by atoms with Gasteiger partial charge in [-0.05, 0) is 43.2 Å². The number of nitrogens with one attached hydrogen (secondary N) is 1. The Morgan fingerprint density at radius 2 is 1.97 bits per heavy atom. The van der Waals surface area contributed by atoms with Gasteiger partial charge in [0.2, 0.25) is 5.91 Å². The van der Waals surface area contributed by atoms with Crippen LogP contribution in [0.15, 0.2) is 72.0 Å². The summed E-state index contributed by atoms with van der Waals surface area (Å²) in [6.45, 7) is 4.08. The van der Waals surface area contributed by atoms with Crippen molar-refractivity contribution >= 4 is 34.5 Å². The molecule has 0 bridgehead atoms.